The first kappa shape index (κ1) is 22.4. The van der Waals surface area contributed by atoms with Crippen LogP contribution in [-0.4, -0.2) is 88.9 Å². The van der Waals surface area contributed by atoms with Gasteiger partial charge in [-0.2, -0.15) is 5.10 Å². The maximum atomic E-state index is 11.3. The summed E-state index contributed by atoms with van der Waals surface area (Å²) in [4.78, 5) is 29.2. The van der Waals surface area contributed by atoms with Gasteiger partial charge in [0.25, 0.3) is 0 Å². The minimum Gasteiger partial charge on any atom is -0.378 e. The molecule has 2 aliphatic heterocycles. The van der Waals surface area contributed by atoms with Crippen molar-refractivity contribution >= 4 is 44.7 Å². The molecule has 2 fully saturated rings. The van der Waals surface area contributed by atoms with E-state index in [-0.39, 0.29) is 6.04 Å². The van der Waals surface area contributed by atoms with Crippen molar-refractivity contribution in [3.05, 3.63) is 35.3 Å². The molecule has 5 heterocycles. The molecule has 0 bridgehead atoms. The highest BCUT2D eigenvalue weighted by Gasteiger charge is 2.25. The predicted octanol–water partition coefficient (Wildman–Crippen LogP) is 3.12. The predicted molar refractivity (Wildman–Crippen MR) is 138 cm³/mol. The molecule has 1 aromatic carbocycles. The van der Waals surface area contributed by atoms with Gasteiger partial charge >= 0.3 is 0 Å². The molecule has 0 aliphatic carbocycles. The van der Waals surface area contributed by atoms with Gasteiger partial charge in [-0.25, -0.2) is 9.97 Å². The van der Waals surface area contributed by atoms with E-state index in [1.165, 1.54) is 4.88 Å². The lowest BCUT2D eigenvalue weighted by Crippen LogP contribution is -2.45. The van der Waals surface area contributed by atoms with E-state index in [1.54, 1.807) is 11.3 Å². The molecule has 6 rings (SSSR count). The number of rotatable bonds is 6. The molecule has 1 amide bonds. The fraction of sp³-hybridized carbons (Fsp3) is 0.440. The van der Waals surface area contributed by atoms with Crippen molar-refractivity contribution in [2.24, 2.45) is 0 Å². The first-order valence-corrected chi connectivity index (χ1v) is 13.0. The molecule has 0 saturated carbocycles. The number of morpholine rings is 1. The van der Waals surface area contributed by atoms with Gasteiger partial charge in [-0.3, -0.25) is 14.8 Å². The molecule has 35 heavy (non-hydrogen) atoms. The number of hydrogen-bond donors (Lipinski definition) is 1. The zero-order chi connectivity index (χ0) is 23.8. The van der Waals surface area contributed by atoms with E-state index in [0.29, 0.717) is 13.2 Å². The summed E-state index contributed by atoms with van der Waals surface area (Å²) in [6.07, 6.45) is 4.95. The molecule has 2 aliphatic rings. The van der Waals surface area contributed by atoms with E-state index in [1.807, 2.05) is 30.3 Å². The van der Waals surface area contributed by atoms with Crippen LogP contribution < -0.4 is 4.90 Å². The van der Waals surface area contributed by atoms with E-state index in [0.717, 1.165) is 90.3 Å². The first-order valence-electron chi connectivity index (χ1n) is 12.1. The second-order valence-electron chi connectivity index (χ2n) is 9.34. The molecular formula is C25H29N7O2S. The van der Waals surface area contributed by atoms with Gasteiger partial charge in [-0.15, -0.1) is 11.3 Å². The highest BCUT2D eigenvalue weighted by molar-refractivity contribution is 7.19. The molecule has 0 radical (unpaired) electrons. The van der Waals surface area contributed by atoms with Crippen LogP contribution in [0.4, 0.5) is 5.82 Å². The maximum Gasteiger partial charge on any atom is 0.209 e. The Labute approximate surface area is 207 Å². The van der Waals surface area contributed by atoms with E-state index in [2.05, 4.69) is 32.1 Å². The van der Waals surface area contributed by atoms with Crippen molar-refractivity contribution in [3.63, 3.8) is 0 Å². The molecule has 1 atom stereocenters. The van der Waals surface area contributed by atoms with Crippen LogP contribution in [0.1, 0.15) is 17.7 Å². The number of aromatic nitrogens is 4. The molecule has 0 unspecified atom stereocenters. The van der Waals surface area contributed by atoms with Crippen LogP contribution in [0.5, 0.6) is 0 Å². The Morgan fingerprint density at radius 3 is 3.00 bits per heavy atom. The summed E-state index contributed by atoms with van der Waals surface area (Å²) < 4.78 is 6.74. The number of piperidine rings is 1. The number of ether oxygens (including phenoxy) is 1. The van der Waals surface area contributed by atoms with Gasteiger partial charge < -0.3 is 14.5 Å². The van der Waals surface area contributed by atoms with E-state index in [4.69, 9.17) is 14.7 Å². The quantitative estimate of drug-likeness (QED) is 0.415. The lowest BCUT2D eigenvalue weighted by molar-refractivity contribution is -0.119. The van der Waals surface area contributed by atoms with Gasteiger partial charge in [-0.05, 0) is 31.5 Å². The molecule has 2 saturated heterocycles. The number of fused-ring (bicyclic) bond motifs is 2. The van der Waals surface area contributed by atoms with Crippen molar-refractivity contribution in [1.82, 2.24) is 30.0 Å². The SMILES string of the molecule is CN(C=O)[C@@H]1CCCN(Cc2cc3nc(-c4cccc5[nH]ncc45)nc(N4CCOCC4)c3s2)C1. The number of thiophene rings is 1. The number of likely N-dealkylation sites (tertiary alicyclic amines) is 1. The smallest absolute Gasteiger partial charge is 0.209 e. The lowest BCUT2D eigenvalue weighted by atomic mass is 10.0. The molecule has 9 nitrogen and oxygen atoms in total. The van der Waals surface area contributed by atoms with Crippen molar-refractivity contribution < 1.29 is 9.53 Å². The van der Waals surface area contributed by atoms with Crippen molar-refractivity contribution in [1.29, 1.82) is 0 Å². The number of benzene rings is 1. The number of carbonyl (C=O) groups is 1. The summed E-state index contributed by atoms with van der Waals surface area (Å²) in [5, 5.41) is 8.29. The maximum absolute atomic E-state index is 11.3. The van der Waals surface area contributed by atoms with E-state index < -0.39 is 0 Å². The number of nitrogens with zero attached hydrogens (tertiary/aromatic N) is 6. The third-order valence-corrected chi connectivity index (χ3v) is 8.15. The average Bonchev–Trinajstić information content (AvgIpc) is 3.55. The van der Waals surface area contributed by atoms with E-state index in [9.17, 15) is 4.79 Å². The van der Waals surface area contributed by atoms with Crippen molar-refractivity contribution in [2.45, 2.75) is 25.4 Å². The standard InChI is InChI=1S/C25H29N7O2S/c1-30(16-33)17-4-3-7-31(14-17)15-18-12-22-23(35-18)25(32-8-10-34-11-9-32)28-24(27-22)19-5-2-6-21-20(19)13-26-29-21/h2,5-6,12-13,16-17H,3-4,7-11,14-15H2,1H3,(H,26,29)/t17-/m1/s1. The molecule has 182 valence electrons. The third-order valence-electron chi connectivity index (χ3n) is 7.04. The van der Waals surface area contributed by atoms with Crippen LogP contribution in [0.25, 0.3) is 32.5 Å². The molecule has 10 heteroatoms. The zero-order valence-corrected chi connectivity index (χ0v) is 20.6. The average molecular weight is 492 g/mol. The Balaban J connectivity index is 1.38. The fourth-order valence-corrected chi connectivity index (χ4v) is 6.28. The van der Waals surface area contributed by atoms with Gasteiger partial charge in [0.15, 0.2) is 11.6 Å². The first-order chi connectivity index (χ1) is 17.2. The normalized spacial score (nSPS) is 19.5. The van der Waals surface area contributed by atoms with Crippen molar-refractivity contribution in [3.8, 4) is 11.4 Å². The topological polar surface area (TPSA) is 90.5 Å². The van der Waals surface area contributed by atoms with Crippen LogP contribution in [0.15, 0.2) is 30.5 Å². The molecule has 1 N–H and O–H groups in total. The Hall–Kier alpha value is -3.08. The zero-order valence-electron chi connectivity index (χ0n) is 19.8. The largest absolute Gasteiger partial charge is 0.378 e. The van der Waals surface area contributed by atoms with Crippen LogP contribution in [-0.2, 0) is 16.1 Å². The molecular weight excluding hydrogens is 462 g/mol. The summed E-state index contributed by atoms with van der Waals surface area (Å²) in [5.41, 5.74) is 2.94. The summed E-state index contributed by atoms with van der Waals surface area (Å²) in [6.45, 7) is 5.86. The number of hydrogen-bond acceptors (Lipinski definition) is 8. The highest BCUT2D eigenvalue weighted by atomic mass is 32.1. The second kappa shape index (κ2) is 9.52. The summed E-state index contributed by atoms with van der Waals surface area (Å²) in [5.74, 6) is 1.71. The third kappa shape index (κ3) is 4.37. The lowest BCUT2D eigenvalue weighted by Gasteiger charge is -2.35. The van der Waals surface area contributed by atoms with Crippen LogP contribution in [0, 0.1) is 0 Å². The molecule has 4 aromatic rings. The summed E-state index contributed by atoms with van der Waals surface area (Å²) in [7, 11) is 1.88. The monoisotopic (exact) mass is 491 g/mol. The van der Waals surface area contributed by atoms with Crippen LogP contribution >= 0.6 is 11.3 Å². The van der Waals surface area contributed by atoms with Gasteiger partial charge in [0.05, 0.1) is 35.1 Å². The minimum atomic E-state index is 0.279. The molecule has 3 aromatic heterocycles. The van der Waals surface area contributed by atoms with Gasteiger partial charge in [0.2, 0.25) is 6.41 Å². The molecule has 0 spiro atoms. The van der Waals surface area contributed by atoms with E-state index >= 15 is 0 Å². The minimum absolute atomic E-state index is 0.279. The highest BCUT2D eigenvalue weighted by Crippen LogP contribution is 2.36. The number of nitrogens with one attached hydrogen (secondary N) is 1. The van der Waals surface area contributed by atoms with Crippen LogP contribution in [0.3, 0.4) is 0 Å². The Morgan fingerprint density at radius 2 is 2.14 bits per heavy atom. The van der Waals surface area contributed by atoms with Gasteiger partial charge in [0, 0.05) is 55.1 Å². The number of likely N-dealkylation sites (N-methyl/N-ethyl adjacent to an activating group) is 1. The summed E-state index contributed by atoms with van der Waals surface area (Å²) in [6, 6.07) is 8.59. The Morgan fingerprint density at radius 1 is 1.26 bits per heavy atom. The van der Waals surface area contributed by atoms with Gasteiger partial charge in [0.1, 0.15) is 0 Å². The number of carbonyl (C=O) groups excluding carboxylic acids is 1. The number of anilines is 1. The fourth-order valence-electron chi connectivity index (χ4n) is 5.13. The van der Waals surface area contributed by atoms with Gasteiger partial charge in [-0.1, -0.05) is 12.1 Å². The van der Waals surface area contributed by atoms with Crippen molar-refractivity contribution in [2.75, 3.05) is 51.3 Å². The summed E-state index contributed by atoms with van der Waals surface area (Å²) >= 11 is 1.78. The number of amides is 1. The number of aromatic amines is 1. The van der Waals surface area contributed by atoms with Crippen LogP contribution in [0.2, 0.25) is 0 Å². The number of H-pyrrole nitrogens is 1. The Kier molecular flexibility index (Phi) is 6.09. The second-order valence-corrected chi connectivity index (χ2v) is 10.5. The Bertz CT molecular complexity index is 1350.